The molecule has 0 fully saturated rings. The molecule has 0 radical (unpaired) electrons. The summed E-state index contributed by atoms with van der Waals surface area (Å²) in [5.41, 5.74) is 0.339. The van der Waals surface area contributed by atoms with Crippen molar-refractivity contribution >= 4 is 34.2 Å². The van der Waals surface area contributed by atoms with Crippen molar-refractivity contribution in [3.8, 4) is 0 Å². The first-order chi connectivity index (χ1) is 13.7. The van der Waals surface area contributed by atoms with Gasteiger partial charge in [0.15, 0.2) is 0 Å². The zero-order valence-corrected chi connectivity index (χ0v) is 17.2. The minimum absolute atomic E-state index is 0.0580. The number of methoxy groups -OCH3 is 1. The maximum atomic E-state index is 12.8. The van der Waals surface area contributed by atoms with Crippen LogP contribution in [0.5, 0.6) is 0 Å². The Labute approximate surface area is 169 Å². The number of amides is 1. The van der Waals surface area contributed by atoms with Crippen LogP contribution in [0.3, 0.4) is 0 Å². The van der Waals surface area contributed by atoms with Crippen LogP contribution in [0, 0.1) is 13.8 Å². The number of nitrogens with zero attached hydrogens (tertiary/aromatic N) is 2. The van der Waals surface area contributed by atoms with Gasteiger partial charge in [0.2, 0.25) is 5.91 Å². The monoisotopic (exact) mass is 429 g/mol. The minimum Gasteiger partial charge on any atom is -0.465 e. The second-order valence-corrected chi connectivity index (χ2v) is 7.13. The topological polar surface area (TPSA) is 99.5 Å². The Hall–Kier alpha value is -2.82. The van der Waals surface area contributed by atoms with Gasteiger partial charge in [-0.15, -0.1) is 11.3 Å². The van der Waals surface area contributed by atoms with Crippen molar-refractivity contribution in [3.63, 3.8) is 0 Å². The second kappa shape index (κ2) is 9.59. The number of carbonyl (C=O) groups is 3. The lowest BCUT2D eigenvalue weighted by Gasteiger charge is -2.08. The maximum absolute atomic E-state index is 12.8. The van der Waals surface area contributed by atoms with E-state index in [1.165, 1.54) is 13.2 Å². The molecule has 1 amide bonds. The summed E-state index contributed by atoms with van der Waals surface area (Å²) in [5, 5.41) is 6.36. The van der Waals surface area contributed by atoms with E-state index in [1.54, 1.807) is 13.8 Å². The zero-order valence-electron chi connectivity index (χ0n) is 16.4. The Morgan fingerprint density at radius 3 is 2.52 bits per heavy atom. The average Bonchev–Trinajstić information content (AvgIpc) is 3.19. The largest absolute Gasteiger partial charge is 0.465 e. The summed E-state index contributed by atoms with van der Waals surface area (Å²) in [7, 11) is 1.20. The van der Waals surface area contributed by atoms with Crippen LogP contribution in [-0.2, 0) is 20.8 Å². The normalized spacial score (nSPS) is 10.9. The third-order valence-corrected chi connectivity index (χ3v) is 5.12. The molecule has 0 aliphatic rings. The molecule has 2 heterocycles. The summed E-state index contributed by atoms with van der Waals surface area (Å²) in [6, 6.07) is 1.19. The van der Waals surface area contributed by atoms with Crippen LogP contribution in [0.25, 0.3) is 0 Å². The third kappa shape index (κ3) is 5.17. The van der Waals surface area contributed by atoms with Gasteiger partial charge in [-0.05, 0) is 31.9 Å². The molecule has 2 aromatic rings. The third-order valence-electron chi connectivity index (χ3n) is 3.93. The Morgan fingerprint density at radius 1 is 1.28 bits per heavy atom. The highest BCUT2D eigenvalue weighted by Gasteiger charge is 2.27. The van der Waals surface area contributed by atoms with E-state index in [0.29, 0.717) is 17.7 Å². The van der Waals surface area contributed by atoms with Crippen LogP contribution < -0.4 is 5.32 Å². The fraction of sp³-hybridized carbons (Fsp3) is 0.444. The predicted octanol–water partition coefficient (Wildman–Crippen LogP) is 3.49. The zero-order chi connectivity index (χ0) is 21.7. The standard InChI is InChI=1S/C18H21F2N3O5S/c1-5-6-28-17(25)13-10(3)14(18(26)27-4)29-16(13)21-12(24)8-23-9(2)7-11(22-23)15(19)20/h7,15H,5-6,8H2,1-4H3,(H,21,24). The van der Waals surface area contributed by atoms with E-state index in [1.807, 2.05) is 6.92 Å². The number of hydrogen-bond acceptors (Lipinski definition) is 7. The molecule has 0 aliphatic heterocycles. The number of esters is 2. The SMILES string of the molecule is CCCOC(=O)c1c(NC(=O)Cn2nc(C(F)F)cc2C)sc(C(=O)OC)c1C. The van der Waals surface area contributed by atoms with E-state index in [9.17, 15) is 23.2 Å². The molecule has 0 spiro atoms. The second-order valence-electron chi connectivity index (χ2n) is 6.10. The summed E-state index contributed by atoms with van der Waals surface area (Å²) in [6.07, 6.45) is -2.15. The van der Waals surface area contributed by atoms with Crippen LogP contribution in [0.4, 0.5) is 13.8 Å². The molecule has 0 aliphatic carbocycles. The van der Waals surface area contributed by atoms with Gasteiger partial charge < -0.3 is 14.8 Å². The summed E-state index contributed by atoms with van der Waals surface area (Å²) >= 11 is 0.877. The van der Waals surface area contributed by atoms with Crippen molar-refractivity contribution in [2.45, 2.75) is 40.2 Å². The number of carbonyl (C=O) groups excluding carboxylic acids is 3. The molecule has 0 saturated carbocycles. The van der Waals surface area contributed by atoms with Gasteiger partial charge in [-0.1, -0.05) is 6.92 Å². The van der Waals surface area contributed by atoms with Gasteiger partial charge in [0.1, 0.15) is 22.1 Å². The number of nitrogens with one attached hydrogen (secondary N) is 1. The predicted molar refractivity (Wildman–Crippen MR) is 102 cm³/mol. The lowest BCUT2D eigenvalue weighted by atomic mass is 10.1. The molecule has 29 heavy (non-hydrogen) atoms. The molecule has 0 atom stereocenters. The first kappa shape index (κ1) is 22.5. The molecule has 0 aromatic carbocycles. The van der Waals surface area contributed by atoms with Gasteiger partial charge >= 0.3 is 11.9 Å². The number of alkyl halides is 2. The first-order valence-corrected chi connectivity index (χ1v) is 9.52. The molecule has 1 N–H and O–H groups in total. The molecule has 0 saturated heterocycles. The van der Waals surface area contributed by atoms with Crippen LogP contribution in [0.15, 0.2) is 6.07 Å². The van der Waals surface area contributed by atoms with E-state index in [-0.39, 0.29) is 28.6 Å². The van der Waals surface area contributed by atoms with Gasteiger partial charge in [0, 0.05) is 5.69 Å². The molecule has 2 aromatic heterocycles. The number of anilines is 1. The van der Waals surface area contributed by atoms with Crippen molar-refractivity contribution in [2.24, 2.45) is 0 Å². The Bertz CT molecular complexity index is 923. The van der Waals surface area contributed by atoms with Crippen LogP contribution in [0.2, 0.25) is 0 Å². The van der Waals surface area contributed by atoms with Crippen molar-refractivity contribution in [1.29, 1.82) is 0 Å². The van der Waals surface area contributed by atoms with Crippen LogP contribution in [-0.4, -0.2) is 41.3 Å². The van der Waals surface area contributed by atoms with Gasteiger partial charge in [-0.2, -0.15) is 5.10 Å². The van der Waals surface area contributed by atoms with Crippen LogP contribution >= 0.6 is 11.3 Å². The minimum atomic E-state index is -2.75. The van der Waals surface area contributed by atoms with Crippen molar-refractivity contribution < 1.29 is 32.6 Å². The van der Waals surface area contributed by atoms with Gasteiger partial charge in [0.25, 0.3) is 6.43 Å². The fourth-order valence-electron chi connectivity index (χ4n) is 2.51. The highest BCUT2D eigenvalue weighted by atomic mass is 32.1. The molecule has 158 valence electrons. The number of halogens is 2. The highest BCUT2D eigenvalue weighted by Crippen LogP contribution is 2.34. The number of aryl methyl sites for hydroxylation is 1. The lowest BCUT2D eigenvalue weighted by Crippen LogP contribution is -2.21. The summed E-state index contributed by atoms with van der Waals surface area (Å²) in [4.78, 5) is 37.0. The quantitative estimate of drug-likeness (QED) is 0.645. The molecular weight excluding hydrogens is 408 g/mol. The number of rotatable bonds is 8. The molecule has 2 rings (SSSR count). The Balaban J connectivity index is 2.29. The van der Waals surface area contributed by atoms with E-state index >= 15 is 0 Å². The van der Waals surface area contributed by atoms with Gasteiger partial charge in [0.05, 0.1) is 19.3 Å². The number of hydrogen-bond donors (Lipinski definition) is 1. The van der Waals surface area contributed by atoms with E-state index in [2.05, 4.69) is 10.4 Å². The van der Waals surface area contributed by atoms with E-state index in [0.717, 1.165) is 16.0 Å². The molecule has 8 nitrogen and oxygen atoms in total. The van der Waals surface area contributed by atoms with Crippen molar-refractivity contribution in [3.05, 3.63) is 33.5 Å². The molecule has 0 unspecified atom stereocenters. The average molecular weight is 429 g/mol. The van der Waals surface area contributed by atoms with E-state index in [4.69, 9.17) is 9.47 Å². The van der Waals surface area contributed by atoms with Gasteiger partial charge in [-0.25, -0.2) is 18.4 Å². The summed E-state index contributed by atoms with van der Waals surface area (Å²) in [6.45, 7) is 4.76. The molecule has 0 bridgehead atoms. The number of aromatic nitrogens is 2. The first-order valence-electron chi connectivity index (χ1n) is 8.70. The summed E-state index contributed by atoms with van der Waals surface area (Å²) in [5.74, 6) is -1.93. The fourth-order valence-corrected chi connectivity index (χ4v) is 3.64. The van der Waals surface area contributed by atoms with E-state index < -0.39 is 30.0 Å². The van der Waals surface area contributed by atoms with Crippen molar-refractivity contribution in [2.75, 3.05) is 19.0 Å². The maximum Gasteiger partial charge on any atom is 0.348 e. The smallest absolute Gasteiger partial charge is 0.348 e. The lowest BCUT2D eigenvalue weighted by molar-refractivity contribution is -0.116. The van der Waals surface area contributed by atoms with Gasteiger partial charge in [-0.3, -0.25) is 9.48 Å². The number of ether oxygens (including phenoxy) is 2. The Kier molecular flexibility index (Phi) is 7.43. The number of thiophene rings is 1. The Morgan fingerprint density at radius 2 is 1.97 bits per heavy atom. The molecule has 11 heteroatoms. The highest BCUT2D eigenvalue weighted by molar-refractivity contribution is 7.18. The molecular formula is C18H21F2N3O5S. The van der Waals surface area contributed by atoms with Crippen molar-refractivity contribution in [1.82, 2.24) is 9.78 Å². The van der Waals surface area contributed by atoms with Crippen LogP contribution in [0.1, 0.15) is 56.8 Å². The summed E-state index contributed by atoms with van der Waals surface area (Å²) < 4.78 is 36.5.